The van der Waals surface area contributed by atoms with E-state index in [-0.39, 0.29) is 11.7 Å². The van der Waals surface area contributed by atoms with Crippen LogP contribution in [0, 0.1) is 0 Å². The zero-order valence-corrected chi connectivity index (χ0v) is 12.9. The van der Waals surface area contributed by atoms with Crippen LogP contribution >= 0.6 is 23.2 Å². The molecule has 1 aliphatic heterocycles. The third kappa shape index (κ3) is 3.22. The molecule has 0 spiro atoms. The maximum atomic E-state index is 12.3. The number of ketones is 1. The number of Topliss-reactive ketones (excluding diaryl/α,β-unsaturated/α-hetero) is 1. The van der Waals surface area contributed by atoms with Crippen molar-refractivity contribution in [3.05, 3.63) is 63.6 Å². The van der Waals surface area contributed by atoms with Crippen LogP contribution in [0.15, 0.2) is 42.5 Å². The lowest BCUT2D eigenvalue weighted by Gasteiger charge is -2.10. The van der Waals surface area contributed by atoms with Gasteiger partial charge in [0.1, 0.15) is 5.78 Å². The van der Waals surface area contributed by atoms with Crippen molar-refractivity contribution in [1.29, 1.82) is 0 Å². The van der Waals surface area contributed by atoms with E-state index in [1.54, 1.807) is 18.2 Å². The first kappa shape index (κ1) is 14.4. The Morgan fingerprint density at radius 1 is 1.19 bits per heavy atom. The molecular formula is C17H15Cl2NO. The average Bonchev–Trinajstić information content (AvgIpc) is 2.86. The molecule has 2 aromatic rings. The number of anilines is 1. The van der Waals surface area contributed by atoms with Gasteiger partial charge >= 0.3 is 0 Å². The van der Waals surface area contributed by atoms with E-state index in [4.69, 9.17) is 23.2 Å². The van der Waals surface area contributed by atoms with Gasteiger partial charge < -0.3 is 5.32 Å². The van der Waals surface area contributed by atoms with Crippen LogP contribution in [0.5, 0.6) is 0 Å². The molecule has 0 aromatic heterocycles. The molecule has 1 N–H and O–H groups in total. The van der Waals surface area contributed by atoms with Crippen LogP contribution in [-0.4, -0.2) is 12.3 Å². The molecule has 0 aliphatic carbocycles. The summed E-state index contributed by atoms with van der Waals surface area (Å²) < 4.78 is 0. The van der Waals surface area contributed by atoms with E-state index in [0.717, 1.165) is 17.8 Å². The van der Waals surface area contributed by atoms with Gasteiger partial charge in [0.2, 0.25) is 0 Å². The number of hydrogen-bond donors (Lipinski definition) is 1. The van der Waals surface area contributed by atoms with Gasteiger partial charge in [-0.3, -0.25) is 4.79 Å². The molecule has 1 heterocycles. The predicted octanol–water partition coefficient (Wildman–Crippen LogP) is 4.70. The summed E-state index contributed by atoms with van der Waals surface area (Å²) >= 11 is 12.1. The lowest BCUT2D eigenvalue weighted by Crippen LogP contribution is -2.11. The fourth-order valence-electron chi connectivity index (χ4n) is 2.78. The Labute approximate surface area is 134 Å². The quantitative estimate of drug-likeness (QED) is 0.884. The molecule has 1 unspecified atom stereocenters. The lowest BCUT2D eigenvalue weighted by atomic mass is 9.93. The zero-order valence-electron chi connectivity index (χ0n) is 11.4. The van der Waals surface area contributed by atoms with Crippen LogP contribution in [0.2, 0.25) is 10.0 Å². The van der Waals surface area contributed by atoms with Gasteiger partial charge in [0.15, 0.2) is 0 Å². The van der Waals surface area contributed by atoms with E-state index in [0.29, 0.717) is 22.9 Å². The van der Waals surface area contributed by atoms with Gasteiger partial charge in [-0.15, -0.1) is 0 Å². The van der Waals surface area contributed by atoms with Crippen LogP contribution in [0.3, 0.4) is 0 Å². The molecule has 21 heavy (non-hydrogen) atoms. The van der Waals surface area contributed by atoms with Gasteiger partial charge in [-0.2, -0.15) is 0 Å². The molecule has 108 valence electrons. The number of halogens is 2. The molecule has 1 atom stereocenters. The Morgan fingerprint density at radius 2 is 2.00 bits per heavy atom. The standard InChI is InChI=1S/C17H15Cl2NO/c18-13-5-6-16(19)11(7-13)8-14(21)9-12-10-20-17-4-2-1-3-15(12)17/h1-7,12,20H,8-10H2. The number of rotatable bonds is 4. The number of nitrogens with one attached hydrogen (secondary N) is 1. The Bertz CT molecular complexity index is 684. The molecule has 0 amide bonds. The minimum Gasteiger partial charge on any atom is -0.384 e. The van der Waals surface area contributed by atoms with Crippen molar-refractivity contribution in [1.82, 2.24) is 0 Å². The molecule has 2 aromatic carbocycles. The van der Waals surface area contributed by atoms with Crippen molar-refractivity contribution in [2.75, 3.05) is 11.9 Å². The van der Waals surface area contributed by atoms with Crippen LogP contribution in [-0.2, 0) is 11.2 Å². The summed E-state index contributed by atoms with van der Waals surface area (Å²) in [6.45, 7) is 0.814. The van der Waals surface area contributed by atoms with Crippen LogP contribution in [0.4, 0.5) is 5.69 Å². The number of carbonyl (C=O) groups excluding carboxylic acids is 1. The van der Waals surface area contributed by atoms with Crippen LogP contribution in [0.1, 0.15) is 23.5 Å². The second kappa shape index (κ2) is 6.08. The highest BCUT2D eigenvalue weighted by Gasteiger charge is 2.24. The van der Waals surface area contributed by atoms with Gasteiger partial charge in [0, 0.05) is 41.0 Å². The number of fused-ring (bicyclic) bond motifs is 1. The van der Waals surface area contributed by atoms with Gasteiger partial charge in [-0.05, 0) is 35.4 Å². The van der Waals surface area contributed by atoms with Crippen LogP contribution < -0.4 is 5.32 Å². The summed E-state index contributed by atoms with van der Waals surface area (Å²) in [5, 5.41) is 4.54. The number of para-hydroxylation sites is 1. The van der Waals surface area contributed by atoms with Crippen LogP contribution in [0.25, 0.3) is 0 Å². The fraction of sp³-hybridized carbons (Fsp3) is 0.235. The van der Waals surface area contributed by atoms with Crippen molar-refractivity contribution < 1.29 is 4.79 Å². The summed E-state index contributed by atoms with van der Waals surface area (Å²) in [5.74, 6) is 0.425. The maximum absolute atomic E-state index is 12.3. The van der Waals surface area contributed by atoms with Crippen molar-refractivity contribution >= 4 is 34.7 Å². The van der Waals surface area contributed by atoms with E-state index in [2.05, 4.69) is 11.4 Å². The van der Waals surface area contributed by atoms with Crippen molar-refractivity contribution in [3.63, 3.8) is 0 Å². The van der Waals surface area contributed by atoms with Gasteiger partial charge in [0.25, 0.3) is 0 Å². The summed E-state index contributed by atoms with van der Waals surface area (Å²) in [7, 11) is 0. The van der Waals surface area contributed by atoms with E-state index in [9.17, 15) is 4.79 Å². The lowest BCUT2D eigenvalue weighted by molar-refractivity contribution is -0.118. The van der Waals surface area contributed by atoms with E-state index in [1.165, 1.54) is 5.56 Å². The summed E-state index contributed by atoms with van der Waals surface area (Å²) in [5.41, 5.74) is 3.16. The molecule has 0 saturated heterocycles. The molecular weight excluding hydrogens is 305 g/mol. The topological polar surface area (TPSA) is 29.1 Å². The SMILES string of the molecule is O=C(Cc1cc(Cl)ccc1Cl)CC1CNc2ccccc21. The summed E-state index contributed by atoms with van der Waals surface area (Å²) in [6, 6.07) is 13.4. The van der Waals surface area contributed by atoms with Crippen molar-refractivity contribution in [2.45, 2.75) is 18.8 Å². The molecule has 4 heteroatoms. The third-order valence-corrected chi connectivity index (χ3v) is 4.41. The Kier molecular flexibility index (Phi) is 4.18. The fourth-order valence-corrected chi connectivity index (χ4v) is 3.16. The Balaban J connectivity index is 1.69. The molecule has 0 saturated carbocycles. The molecule has 1 aliphatic rings. The monoisotopic (exact) mass is 319 g/mol. The second-order valence-corrected chi connectivity index (χ2v) is 6.16. The highest BCUT2D eigenvalue weighted by molar-refractivity contribution is 6.33. The maximum Gasteiger partial charge on any atom is 0.138 e. The Hall–Kier alpha value is -1.51. The van der Waals surface area contributed by atoms with Gasteiger partial charge in [-0.1, -0.05) is 41.4 Å². The first-order valence-electron chi connectivity index (χ1n) is 6.92. The normalized spacial score (nSPS) is 16.4. The second-order valence-electron chi connectivity index (χ2n) is 5.32. The van der Waals surface area contributed by atoms with Crippen molar-refractivity contribution in [3.8, 4) is 0 Å². The minimum absolute atomic E-state index is 0.183. The highest BCUT2D eigenvalue weighted by atomic mass is 35.5. The largest absolute Gasteiger partial charge is 0.384 e. The summed E-state index contributed by atoms with van der Waals surface area (Å²) in [6.07, 6.45) is 0.852. The Morgan fingerprint density at radius 3 is 2.86 bits per heavy atom. The number of benzene rings is 2. The zero-order chi connectivity index (χ0) is 14.8. The minimum atomic E-state index is 0.183. The van der Waals surface area contributed by atoms with E-state index >= 15 is 0 Å². The number of carbonyl (C=O) groups is 1. The number of hydrogen-bond acceptors (Lipinski definition) is 2. The van der Waals surface area contributed by atoms with Gasteiger partial charge in [0.05, 0.1) is 0 Å². The summed E-state index contributed by atoms with van der Waals surface area (Å²) in [4.78, 5) is 12.3. The molecule has 3 rings (SSSR count). The highest BCUT2D eigenvalue weighted by Crippen LogP contribution is 2.33. The predicted molar refractivity (Wildman–Crippen MR) is 87.5 cm³/mol. The molecule has 2 nitrogen and oxygen atoms in total. The van der Waals surface area contributed by atoms with E-state index < -0.39 is 0 Å². The molecule has 0 bridgehead atoms. The smallest absolute Gasteiger partial charge is 0.138 e. The van der Waals surface area contributed by atoms with E-state index in [1.807, 2.05) is 18.2 Å². The van der Waals surface area contributed by atoms with Gasteiger partial charge in [-0.25, -0.2) is 0 Å². The molecule has 0 radical (unpaired) electrons. The molecule has 0 fully saturated rings. The first-order valence-corrected chi connectivity index (χ1v) is 7.67. The first-order chi connectivity index (χ1) is 10.1. The van der Waals surface area contributed by atoms with Crippen molar-refractivity contribution in [2.24, 2.45) is 0 Å². The average molecular weight is 320 g/mol. The third-order valence-electron chi connectivity index (χ3n) is 3.81.